The van der Waals surface area contributed by atoms with Gasteiger partial charge < -0.3 is 24.1 Å². The van der Waals surface area contributed by atoms with E-state index in [1.165, 1.54) is 0 Å². The normalized spacial score (nSPS) is 50.6. The summed E-state index contributed by atoms with van der Waals surface area (Å²) in [6.45, 7) is 5.08. The number of fused-ring (bicyclic) bond motifs is 1. The van der Waals surface area contributed by atoms with E-state index in [0.29, 0.717) is 6.42 Å². The molecule has 4 saturated heterocycles. The Bertz CT molecular complexity index is 722. The van der Waals surface area contributed by atoms with Crippen LogP contribution < -0.4 is 0 Å². The van der Waals surface area contributed by atoms with E-state index >= 15 is 0 Å². The highest BCUT2D eigenvalue weighted by Gasteiger charge is 2.77. The van der Waals surface area contributed by atoms with Gasteiger partial charge >= 0.3 is 11.9 Å². The summed E-state index contributed by atoms with van der Waals surface area (Å²) < 4.78 is 22.7. The van der Waals surface area contributed by atoms with E-state index < -0.39 is 34.8 Å². The zero-order valence-corrected chi connectivity index (χ0v) is 14.9. The van der Waals surface area contributed by atoms with Crippen molar-refractivity contribution in [3.05, 3.63) is 11.6 Å². The lowest BCUT2D eigenvalue weighted by Gasteiger charge is -2.40. The molecule has 0 aromatic carbocycles. The topological polar surface area (TPSA) is 97.8 Å². The van der Waals surface area contributed by atoms with Crippen LogP contribution in [-0.4, -0.2) is 83.3 Å². The number of cyclic esters (lactones) is 1. The van der Waals surface area contributed by atoms with Crippen LogP contribution in [0, 0.1) is 0 Å². The number of carbonyl (C=O) groups excluding carboxylic acids is 2. The molecule has 0 saturated carbocycles. The summed E-state index contributed by atoms with van der Waals surface area (Å²) in [7, 11) is 0. The first-order chi connectivity index (χ1) is 12.3. The molecule has 8 heteroatoms. The largest absolute Gasteiger partial charge is 0.459 e. The molecule has 8 nitrogen and oxygen atoms in total. The number of epoxide rings is 1. The van der Waals surface area contributed by atoms with Crippen LogP contribution in [0.2, 0.25) is 0 Å². The summed E-state index contributed by atoms with van der Waals surface area (Å²) in [6.07, 6.45) is 1.55. The van der Waals surface area contributed by atoms with Gasteiger partial charge in [-0.2, -0.15) is 0 Å². The van der Waals surface area contributed by atoms with Gasteiger partial charge in [-0.3, -0.25) is 4.90 Å². The van der Waals surface area contributed by atoms with Gasteiger partial charge in [0.15, 0.2) is 11.2 Å². The molecular formula is C18H23NO7. The monoisotopic (exact) mass is 365 g/mol. The second-order valence-corrected chi connectivity index (χ2v) is 8.21. The van der Waals surface area contributed by atoms with E-state index in [2.05, 4.69) is 4.90 Å². The number of carbonyl (C=O) groups is 2. The van der Waals surface area contributed by atoms with E-state index in [1.54, 1.807) is 13.8 Å². The average molecular weight is 365 g/mol. The van der Waals surface area contributed by atoms with Gasteiger partial charge in [0.2, 0.25) is 0 Å². The SMILES string of the molecule is C[C@@H]1OC[C@]23C[C@@]1(O)C(=O)O[C@@H]1CCN4CC=C(COC(=O)[C@@]2(C)O3)[C@H]14. The Morgan fingerprint density at radius 1 is 1.31 bits per heavy atom. The quantitative estimate of drug-likeness (QED) is 0.350. The molecule has 4 fully saturated rings. The third-order valence-electron chi connectivity index (χ3n) is 6.81. The van der Waals surface area contributed by atoms with Crippen molar-refractivity contribution in [2.75, 3.05) is 26.3 Å². The molecule has 26 heavy (non-hydrogen) atoms. The minimum absolute atomic E-state index is 0.0462. The molecule has 0 aromatic rings. The van der Waals surface area contributed by atoms with E-state index in [4.69, 9.17) is 18.9 Å². The highest BCUT2D eigenvalue weighted by molar-refractivity contribution is 5.86. The third-order valence-corrected chi connectivity index (χ3v) is 6.81. The lowest BCUT2D eigenvalue weighted by atomic mass is 9.78. The first-order valence-electron chi connectivity index (χ1n) is 9.15. The second-order valence-electron chi connectivity index (χ2n) is 8.21. The lowest BCUT2D eigenvalue weighted by molar-refractivity contribution is -0.206. The van der Waals surface area contributed by atoms with Crippen LogP contribution in [0.4, 0.5) is 0 Å². The maximum atomic E-state index is 12.9. The average Bonchev–Trinajstić information content (AvgIpc) is 2.92. The van der Waals surface area contributed by atoms with Crippen LogP contribution in [0.3, 0.4) is 0 Å². The van der Waals surface area contributed by atoms with Crippen molar-refractivity contribution in [2.45, 2.75) is 61.7 Å². The van der Waals surface area contributed by atoms with Crippen molar-refractivity contribution in [3.8, 4) is 0 Å². The molecule has 0 radical (unpaired) electrons. The van der Waals surface area contributed by atoms with Crippen molar-refractivity contribution in [1.29, 1.82) is 0 Å². The van der Waals surface area contributed by atoms with Gasteiger partial charge in [-0.05, 0) is 25.8 Å². The van der Waals surface area contributed by atoms with Gasteiger partial charge in [0, 0.05) is 19.5 Å². The van der Waals surface area contributed by atoms with Gasteiger partial charge in [-0.1, -0.05) is 6.08 Å². The Morgan fingerprint density at radius 2 is 2.12 bits per heavy atom. The van der Waals surface area contributed by atoms with Crippen LogP contribution >= 0.6 is 0 Å². The molecular weight excluding hydrogens is 342 g/mol. The smallest absolute Gasteiger partial charge is 0.341 e. The van der Waals surface area contributed by atoms with Gasteiger partial charge in [0.25, 0.3) is 0 Å². The Balaban J connectivity index is 1.53. The number of rotatable bonds is 0. The van der Waals surface area contributed by atoms with Gasteiger partial charge in [-0.25, -0.2) is 9.59 Å². The number of aliphatic hydroxyl groups is 1. The minimum Gasteiger partial charge on any atom is -0.459 e. The molecule has 1 N–H and O–H groups in total. The Morgan fingerprint density at radius 3 is 2.92 bits per heavy atom. The fraction of sp³-hybridized carbons (Fsp3) is 0.778. The van der Waals surface area contributed by atoms with Crippen molar-refractivity contribution in [2.24, 2.45) is 0 Å². The first kappa shape index (κ1) is 16.7. The van der Waals surface area contributed by atoms with Crippen LogP contribution in [0.15, 0.2) is 11.6 Å². The third kappa shape index (κ3) is 1.98. The lowest BCUT2D eigenvalue weighted by Crippen LogP contribution is -2.60. The molecule has 5 aliphatic heterocycles. The molecule has 0 aromatic heterocycles. The summed E-state index contributed by atoms with van der Waals surface area (Å²) >= 11 is 0. The Kier molecular flexibility index (Phi) is 3.25. The maximum Gasteiger partial charge on any atom is 0.341 e. The van der Waals surface area contributed by atoms with Crippen LogP contribution in [0.1, 0.15) is 26.7 Å². The highest BCUT2D eigenvalue weighted by atomic mass is 16.7. The zero-order valence-electron chi connectivity index (χ0n) is 14.9. The predicted octanol–water partition coefficient (Wildman–Crippen LogP) is -0.463. The van der Waals surface area contributed by atoms with Gasteiger partial charge in [0.05, 0.1) is 18.8 Å². The molecule has 0 aliphatic carbocycles. The zero-order chi connectivity index (χ0) is 18.3. The van der Waals surface area contributed by atoms with Gasteiger partial charge in [0.1, 0.15) is 18.3 Å². The van der Waals surface area contributed by atoms with Crippen molar-refractivity contribution in [3.63, 3.8) is 0 Å². The molecule has 0 amide bonds. The molecule has 5 rings (SSSR count). The Labute approximate surface area is 151 Å². The van der Waals surface area contributed by atoms with E-state index in [1.807, 2.05) is 6.08 Å². The van der Waals surface area contributed by atoms with Crippen LogP contribution in [0.25, 0.3) is 0 Å². The van der Waals surface area contributed by atoms with Crippen molar-refractivity contribution < 1.29 is 33.6 Å². The summed E-state index contributed by atoms with van der Waals surface area (Å²) in [4.78, 5) is 27.8. The Hall–Kier alpha value is -1.48. The fourth-order valence-electron chi connectivity index (χ4n) is 4.88. The first-order valence-corrected chi connectivity index (χ1v) is 9.15. The van der Waals surface area contributed by atoms with E-state index in [0.717, 1.165) is 18.7 Å². The van der Waals surface area contributed by atoms with Crippen LogP contribution in [-0.2, 0) is 28.5 Å². The molecule has 2 bridgehead atoms. The second kappa shape index (κ2) is 5.07. The molecule has 5 aliphatic rings. The predicted molar refractivity (Wildman–Crippen MR) is 86.1 cm³/mol. The van der Waals surface area contributed by atoms with Crippen molar-refractivity contribution in [1.82, 2.24) is 4.90 Å². The number of hydrogen-bond donors (Lipinski definition) is 1. The maximum absolute atomic E-state index is 12.9. The van der Waals surface area contributed by atoms with Crippen LogP contribution in [0.5, 0.6) is 0 Å². The number of hydrogen-bond acceptors (Lipinski definition) is 8. The summed E-state index contributed by atoms with van der Waals surface area (Å²) in [5, 5.41) is 11.1. The minimum atomic E-state index is -1.86. The highest BCUT2D eigenvalue weighted by Crippen LogP contribution is 2.56. The molecule has 142 valence electrons. The summed E-state index contributed by atoms with van der Waals surface area (Å²) in [5.74, 6) is -1.19. The number of nitrogens with zero attached hydrogens (tertiary/aromatic N) is 1. The molecule has 0 unspecified atom stereocenters. The summed E-state index contributed by atoms with van der Waals surface area (Å²) in [6, 6.07) is -0.104. The summed E-state index contributed by atoms with van der Waals surface area (Å²) in [5.41, 5.74) is -3.21. The molecule has 1 spiro atoms. The molecule has 6 atom stereocenters. The van der Waals surface area contributed by atoms with E-state index in [-0.39, 0.29) is 31.8 Å². The van der Waals surface area contributed by atoms with Crippen molar-refractivity contribution >= 4 is 11.9 Å². The standard InChI is InChI=1S/C18H23NO7/c1-10-18(22)8-17(9-24-10)16(2,26-17)14(20)23-7-11-3-5-19-6-4-12(13(11)19)25-15(18)21/h3,10,12-13,22H,4-9H2,1-2H3/t10-,12+,13+,16+,17+,18-/m0/s1. The molecule has 5 heterocycles. The fourth-order valence-corrected chi connectivity index (χ4v) is 4.88. The van der Waals surface area contributed by atoms with E-state index in [9.17, 15) is 14.7 Å². The van der Waals surface area contributed by atoms with Gasteiger partial charge in [-0.15, -0.1) is 0 Å². The number of ether oxygens (including phenoxy) is 4. The number of esters is 2.